The molecular formula is C11H13Cl. The van der Waals surface area contributed by atoms with Gasteiger partial charge in [-0.15, -0.1) is 11.6 Å². The van der Waals surface area contributed by atoms with Gasteiger partial charge in [0.2, 0.25) is 0 Å². The van der Waals surface area contributed by atoms with E-state index in [4.69, 9.17) is 11.6 Å². The highest BCUT2D eigenvalue weighted by atomic mass is 35.5. The van der Waals surface area contributed by atoms with Gasteiger partial charge in [0.05, 0.1) is 0 Å². The van der Waals surface area contributed by atoms with Gasteiger partial charge in [0.25, 0.3) is 0 Å². The second-order valence-corrected chi connectivity index (χ2v) is 3.93. The third-order valence-electron chi connectivity index (χ3n) is 2.79. The fraction of sp³-hybridized carbons (Fsp3) is 0.455. The Morgan fingerprint density at radius 1 is 1.33 bits per heavy atom. The summed E-state index contributed by atoms with van der Waals surface area (Å²) in [5.74, 6) is 2.06. The van der Waals surface area contributed by atoms with Gasteiger partial charge in [-0.25, -0.2) is 0 Å². The Kier molecular flexibility index (Phi) is 2.10. The molecule has 0 N–H and O–H groups in total. The molecule has 2 atom stereocenters. The molecule has 0 nitrogen and oxygen atoms in total. The first-order valence-corrected chi connectivity index (χ1v) is 5.01. The van der Waals surface area contributed by atoms with E-state index in [0.717, 1.165) is 5.88 Å². The van der Waals surface area contributed by atoms with Crippen LogP contribution < -0.4 is 0 Å². The number of alkyl halides is 1. The van der Waals surface area contributed by atoms with Crippen LogP contribution in [0.5, 0.6) is 0 Å². The Bertz CT molecular complexity index is 280. The van der Waals surface area contributed by atoms with E-state index in [1.807, 2.05) is 0 Å². The van der Waals surface area contributed by atoms with Crippen molar-refractivity contribution in [3.63, 3.8) is 0 Å². The summed E-state index contributed by atoms with van der Waals surface area (Å²) in [6.45, 7) is 2.28. The zero-order valence-electron chi connectivity index (χ0n) is 7.26. The Balaban J connectivity index is 2.43. The summed E-state index contributed by atoms with van der Waals surface area (Å²) >= 11 is 5.90. The lowest BCUT2D eigenvalue weighted by Crippen LogP contribution is -1.93. The number of hydrogen-bond acceptors (Lipinski definition) is 0. The van der Waals surface area contributed by atoms with Gasteiger partial charge >= 0.3 is 0 Å². The highest BCUT2D eigenvalue weighted by Crippen LogP contribution is 2.41. The minimum Gasteiger partial charge on any atom is -0.126 e. The smallest absolute Gasteiger partial charge is 0.0292 e. The van der Waals surface area contributed by atoms with Crippen LogP contribution in [0.4, 0.5) is 0 Å². The Morgan fingerprint density at radius 3 is 2.67 bits per heavy atom. The van der Waals surface area contributed by atoms with E-state index in [0.29, 0.717) is 11.8 Å². The Hall–Kier alpha value is -0.490. The molecule has 0 saturated heterocycles. The first-order valence-electron chi connectivity index (χ1n) is 4.47. The van der Waals surface area contributed by atoms with Crippen LogP contribution in [-0.2, 0) is 0 Å². The molecule has 1 aliphatic rings. The van der Waals surface area contributed by atoms with Gasteiger partial charge < -0.3 is 0 Å². The molecule has 0 aromatic heterocycles. The van der Waals surface area contributed by atoms with Gasteiger partial charge in [0.1, 0.15) is 0 Å². The number of rotatable bonds is 1. The van der Waals surface area contributed by atoms with Gasteiger partial charge in [-0.1, -0.05) is 31.2 Å². The fourth-order valence-corrected chi connectivity index (χ4v) is 2.45. The summed E-state index contributed by atoms with van der Waals surface area (Å²) in [6.07, 6.45) is 1.23. The number of fused-ring (bicyclic) bond motifs is 1. The minimum absolute atomic E-state index is 0.595. The maximum absolute atomic E-state index is 5.90. The highest BCUT2D eigenvalue weighted by molar-refractivity contribution is 6.18. The summed E-state index contributed by atoms with van der Waals surface area (Å²) in [5.41, 5.74) is 2.98. The predicted molar refractivity (Wildman–Crippen MR) is 52.9 cm³/mol. The van der Waals surface area contributed by atoms with Gasteiger partial charge in [0.15, 0.2) is 0 Å². The third kappa shape index (κ3) is 1.15. The van der Waals surface area contributed by atoms with E-state index in [2.05, 4.69) is 31.2 Å². The van der Waals surface area contributed by atoms with E-state index in [-0.39, 0.29) is 0 Å². The molecule has 1 heteroatoms. The van der Waals surface area contributed by atoms with Crippen LogP contribution >= 0.6 is 11.6 Å². The molecule has 1 aliphatic carbocycles. The molecule has 1 aromatic rings. The largest absolute Gasteiger partial charge is 0.126 e. The first kappa shape index (κ1) is 8.12. The van der Waals surface area contributed by atoms with E-state index >= 15 is 0 Å². The Labute approximate surface area is 78.6 Å². The second-order valence-electron chi connectivity index (χ2n) is 3.62. The number of benzene rings is 1. The monoisotopic (exact) mass is 180 g/mol. The molecule has 12 heavy (non-hydrogen) atoms. The van der Waals surface area contributed by atoms with Gasteiger partial charge in [-0.05, 0) is 29.4 Å². The summed E-state index contributed by atoms with van der Waals surface area (Å²) in [4.78, 5) is 0. The third-order valence-corrected chi connectivity index (χ3v) is 3.16. The van der Waals surface area contributed by atoms with E-state index in [9.17, 15) is 0 Å². The van der Waals surface area contributed by atoms with Crippen molar-refractivity contribution >= 4 is 11.6 Å². The summed E-state index contributed by atoms with van der Waals surface area (Å²) in [6, 6.07) is 8.67. The molecule has 2 rings (SSSR count). The zero-order valence-corrected chi connectivity index (χ0v) is 8.01. The molecule has 0 amide bonds. The van der Waals surface area contributed by atoms with Gasteiger partial charge in [-0.3, -0.25) is 0 Å². The van der Waals surface area contributed by atoms with Gasteiger partial charge in [0, 0.05) is 5.88 Å². The van der Waals surface area contributed by atoms with Crippen molar-refractivity contribution in [3.05, 3.63) is 35.4 Å². The Morgan fingerprint density at radius 2 is 2.00 bits per heavy atom. The molecule has 0 radical (unpaired) electrons. The minimum atomic E-state index is 0.595. The first-order chi connectivity index (χ1) is 5.83. The molecule has 0 fully saturated rings. The lowest BCUT2D eigenvalue weighted by Gasteiger charge is -2.04. The van der Waals surface area contributed by atoms with E-state index < -0.39 is 0 Å². The highest BCUT2D eigenvalue weighted by Gasteiger charge is 2.26. The fourth-order valence-electron chi connectivity index (χ4n) is 2.16. The maximum atomic E-state index is 5.90. The lowest BCUT2D eigenvalue weighted by atomic mass is 10.0. The molecular weight excluding hydrogens is 168 g/mol. The van der Waals surface area contributed by atoms with Crippen LogP contribution in [0.15, 0.2) is 24.3 Å². The van der Waals surface area contributed by atoms with Crippen LogP contribution in [0.3, 0.4) is 0 Å². The summed E-state index contributed by atoms with van der Waals surface area (Å²) < 4.78 is 0. The molecule has 0 spiro atoms. The van der Waals surface area contributed by atoms with Crippen molar-refractivity contribution in [2.24, 2.45) is 0 Å². The lowest BCUT2D eigenvalue weighted by molar-refractivity contribution is 0.665. The average Bonchev–Trinajstić information content (AvgIpc) is 2.44. The SMILES string of the molecule is CC1CC(CCl)c2ccccc21. The van der Waals surface area contributed by atoms with Crippen molar-refractivity contribution < 1.29 is 0 Å². The van der Waals surface area contributed by atoms with E-state index in [1.54, 1.807) is 0 Å². The maximum Gasteiger partial charge on any atom is 0.0292 e. The quantitative estimate of drug-likeness (QED) is 0.581. The number of hydrogen-bond donors (Lipinski definition) is 0. The van der Waals surface area contributed by atoms with Crippen LogP contribution in [-0.4, -0.2) is 5.88 Å². The molecule has 0 saturated carbocycles. The summed E-state index contributed by atoms with van der Waals surface area (Å²) in [7, 11) is 0. The topological polar surface area (TPSA) is 0 Å². The zero-order chi connectivity index (χ0) is 8.55. The van der Waals surface area contributed by atoms with Crippen molar-refractivity contribution in [2.75, 3.05) is 5.88 Å². The van der Waals surface area contributed by atoms with Gasteiger partial charge in [-0.2, -0.15) is 0 Å². The average molecular weight is 181 g/mol. The normalized spacial score (nSPS) is 27.2. The number of halogens is 1. The molecule has 0 aliphatic heterocycles. The molecule has 64 valence electrons. The molecule has 1 aromatic carbocycles. The summed E-state index contributed by atoms with van der Waals surface area (Å²) in [5, 5.41) is 0. The van der Waals surface area contributed by atoms with Crippen LogP contribution in [0, 0.1) is 0 Å². The standard InChI is InChI=1S/C11H13Cl/c1-8-6-9(7-12)11-5-3-2-4-10(8)11/h2-5,8-9H,6-7H2,1H3. The van der Waals surface area contributed by atoms with Crippen LogP contribution in [0.25, 0.3) is 0 Å². The van der Waals surface area contributed by atoms with Crippen molar-refractivity contribution in [3.8, 4) is 0 Å². The molecule has 0 heterocycles. The van der Waals surface area contributed by atoms with Crippen LogP contribution in [0.1, 0.15) is 36.3 Å². The van der Waals surface area contributed by atoms with Crippen molar-refractivity contribution in [1.29, 1.82) is 0 Å². The van der Waals surface area contributed by atoms with Crippen molar-refractivity contribution in [1.82, 2.24) is 0 Å². The van der Waals surface area contributed by atoms with Crippen LogP contribution in [0.2, 0.25) is 0 Å². The predicted octanol–water partition coefficient (Wildman–Crippen LogP) is 3.52. The second kappa shape index (κ2) is 3.10. The van der Waals surface area contributed by atoms with Crippen molar-refractivity contribution in [2.45, 2.75) is 25.2 Å². The molecule has 0 bridgehead atoms. The van der Waals surface area contributed by atoms with E-state index in [1.165, 1.54) is 17.5 Å². The molecule has 2 unspecified atom stereocenters.